The second-order valence-corrected chi connectivity index (χ2v) is 14.0. The van der Waals surface area contributed by atoms with E-state index in [0.29, 0.717) is 12.3 Å². The molecule has 2 heterocycles. The summed E-state index contributed by atoms with van der Waals surface area (Å²) in [5, 5.41) is 22.1. The molecule has 2 aliphatic heterocycles. The van der Waals surface area contributed by atoms with Crippen LogP contribution in [-0.4, -0.2) is 45.7 Å². The van der Waals surface area contributed by atoms with Crippen LogP contribution in [0.3, 0.4) is 0 Å². The van der Waals surface area contributed by atoms with E-state index in [-0.39, 0.29) is 51.7 Å². The number of aliphatic hydroxyl groups excluding tert-OH is 1. The molecule has 5 aliphatic carbocycles. The Labute approximate surface area is 197 Å². The maximum absolute atomic E-state index is 13.6. The van der Waals surface area contributed by atoms with E-state index in [0.717, 1.165) is 51.4 Å². The topological polar surface area (TPSA) is 79.3 Å². The summed E-state index contributed by atoms with van der Waals surface area (Å²) in [4.78, 5) is 13.6. The summed E-state index contributed by atoms with van der Waals surface area (Å²) in [5.74, 6) is 0.551. The molecule has 7 rings (SSSR count). The predicted molar refractivity (Wildman–Crippen MR) is 122 cm³/mol. The van der Waals surface area contributed by atoms with Crippen molar-refractivity contribution in [1.29, 1.82) is 0 Å². The van der Waals surface area contributed by atoms with Crippen molar-refractivity contribution in [2.24, 2.45) is 39.4 Å². The molecule has 0 aromatic rings. The van der Waals surface area contributed by atoms with Gasteiger partial charge in [0.2, 0.25) is 0 Å². The Bertz CT molecular complexity index is 973. The predicted octanol–water partition coefficient (Wildman–Crippen LogP) is 4.15. The molecule has 5 saturated carbocycles. The quantitative estimate of drug-likeness (QED) is 0.325. The zero-order valence-corrected chi connectivity index (χ0v) is 20.7. The highest BCUT2D eigenvalue weighted by molar-refractivity contribution is 5.82. The fourth-order valence-electron chi connectivity index (χ4n) is 11.4. The van der Waals surface area contributed by atoms with E-state index < -0.39 is 17.3 Å². The molecular weight excluding hydrogens is 416 g/mol. The standard InChI is InChI=1S/C28H40O5/c1-15-6-11-27-13-12-25(4)24(3)10-7-16-23(2,9-8-18(29)26(16,5)31)20(24)19-21(32-19)28(25,17(27)14-15)33-22(27)30/h16-21,29,31H,1,6-14H2,2-5H3. The number of fused-ring (bicyclic) bond motifs is 6. The smallest absolute Gasteiger partial charge is 0.313 e. The number of allylic oxidation sites excluding steroid dienone is 1. The lowest BCUT2D eigenvalue weighted by Gasteiger charge is -2.71. The minimum absolute atomic E-state index is 0.0312. The van der Waals surface area contributed by atoms with Gasteiger partial charge in [-0.25, -0.2) is 0 Å². The number of carbonyl (C=O) groups excluding carboxylic acids is 1. The number of esters is 1. The molecule has 0 amide bonds. The Balaban J connectivity index is 1.39. The van der Waals surface area contributed by atoms with Gasteiger partial charge in [-0.3, -0.25) is 4.79 Å². The third kappa shape index (κ3) is 1.99. The summed E-state index contributed by atoms with van der Waals surface area (Å²) in [6.45, 7) is 13.4. The number of rotatable bonds is 0. The van der Waals surface area contributed by atoms with Crippen molar-refractivity contribution in [3.8, 4) is 0 Å². The van der Waals surface area contributed by atoms with Gasteiger partial charge in [0.1, 0.15) is 6.10 Å². The third-order valence-corrected chi connectivity index (χ3v) is 13.2. The molecule has 0 aromatic carbocycles. The third-order valence-electron chi connectivity index (χ3n) is 13.2. The lowest BCUT2D eigenvalue weighted by Crippen LogP contribution is -2.75. The molecule has 5 nitrogen and oxygen atoms in total. The van der Waals surface area contributed by atoms with Gasteiger partial charge in [0.15, 0.2) is 5.60 Å². The number of epoxide rings is 1. The highest BCUT2D eigenvalue weighted by Gasteiger charge is 2.88. The Hall–Kier alpha value is -0.910. The first-order valence-corrected chi connectivity index (χ1v) is 13.3. The monoisotopic (exact) mass is 456 g/mol. The summed E-state index contributed by atoms with van der Waals surface area (Å²) >= 11 is 0. The Morgan fingerprint density at radius 2 is 1.76 bits per heavy atom. The van der Waals surface area contributed by atoms with Gasteiger partial charge in [-0.15, -0.1) is 0 Å². The van der Waals surface area contributed by atoms with Crippen molar-refractivity contribution in [2.75, 3.05) is 0 Å². The molecule has 2 bridgehead atoms. The van der Waals surface area contributed by atoms with Crippen LogP contribution in [0.15, 0.2) is 12.2 Å². The molecule has 12 unspecified atom stereocenters. The molecule has 2 saturated heterocycles. The molecule has 12 atom stereocenters. The number of hydrogen-bond acceptors (Lipinski definition) is 5. The van der Waals surface area contributed by atoms with Gasteiger partial charge in [-0.05, 0) is 87.4 Å². The average molecular weight is 457 g/mol. The molecule has 0 radical (unpaired) electrons. The first-order chi connectivity index (χ1) is 15.4. The number of hydrogen-bond donors (Lipinski definition) is 2. The van der Waals surface area contributed by atoms with E-state index in [1.807, 2.05) is 6.92 Å². The zero-order chi connectivity index (χ0) is 23.4. The fraction of sp³-hybridized carbons (Fsp3) is 0.893. The fourth-order valence-corrected chi connectivity index (χ4v) is 11.4. The summed E-state index contributed by atoms with van der Waals surface area (Å²) in [7, 11) is 0. The molecule has 1 spiro atoms. The molecular formula is C28H40O5. The van der Waals surface area contributed by atoms with Gasteiger partial charge >= 0.3 is 5.97 Å². The summed E-state index contributed by atoms with van der Waals surface area (Å²) in [6.07, 6.45) is 7.39. The van der Waals surface area contributed by atoms with Gasteiger partial charge in [0, 0.05) is 11.3 Å². The second-order valence-electron chi connectivity index (χ2n) is 14.0. The molecule has 2 N–H and O–H groups in total. The number of carbonyl (C=O) groups is 1. The van der Waals surface area contributed by atoms with E-state index in [4.69, 9.17) is 9.47 Å². The first-order valence-electron chi connectivity index (χ1n) is 13.3. The highest BCUT2D eigenvalue weighted by Crippen LogP contribution is 2.82. The van der Waals surface area contributed by atoms with Gasteiger partial charge in [0.05, 0.1) is 23.2 Å². The molecule has 7 aliphatic rings. The van der Waals surface area contributed by atoms with Crippen LogP contribution in [-0.2, 0) is 14.3 Å². The second kappa shape index (κ2) is 5.73. The SMILES string of the molecule is C=C1CCC23CCC4(C)C5(C)CCC6C(C)(O)C(O)CCC6(C)C5C5OC5C4(OC2=O)C3C1. The van der Waals surface area contributed by atoms with Crippen molar-refractivity contribution < 1.29 is 24.5 Å². The van der Waals surface area contributed by atoms with Crippen molar-refractivity contribution in [1.82, 2.24) is 0 Å². The lowest BCUT2D eigenvalue weighted by atomic mass is 9.31. The minimum atomic E-state index is -1.07. The molecule has 182 valence electrons. The van der Waals surface area contributed by atoms with Crippen molar-refractivity contribution in [2.45, 2.75) is 115 Å². The molecule has 0 aromatic heterocycles. The molecule has 7 fully saturated rings. The van der Waals surface area contributed by atoms with E-state index in [1.54, 1.807) is 0 Å². The molecule has 5 heteroatoms. The number of ether oxygens (including phenoxy) is 2. The first kappa shape index (κ1) is 21.4. The lowest BCUT2D eigenvalue weighted by molar-refractivity contribution is -0.280. The van der Waals surface area contributed by atoms with Crippen LogP contribution in [0.5, 0.6) is 0 Å². The summed E-state index contributed by atoms with van der Waals surface area (Å²) < 4.78 is 13.3. The Kier molecular flexibility index (Phi) is 3.71. The van der Waals surface area contributed by atoms with E-state index in [9.17, 15) is 15.0 Å². The van der Waals surface area contributed by atoms with Gasteiger partial charge in [-0.1, -0.05) is 32.9 Å². The summed E-state index contributed by atoms with van der Waals surface area (Å²) in [6, 6.07) is 0. The average Bonchev–Trinajstić information content (AvgIpc) is 3.49. The summed E-state index contributed by atoms with van der Waals surface area (Å²) in [5.41, 5.74) is -1.04. The zero-order valence-electron chi connectivity index (χ0n) is 20.7. The van der Waals surface area contributed by atoms with Crippen LogP contribution in [0.1, 0.15) is 85.5 Å². The Morgan fingerprint density at radius 1 is 1.00 bits per heavy atom. The van der Waals surface area contributed by atoms with Crippen molar-refractivity contribution in [3.63, 3.8) is 0 Å². The van der Waals surface area contributed by atoms with Gasteiger partial charge in [-0.2, -0.15) is 0 Å². The van der Waals surface area contributed by atoms with Crippen LogP contribution in [0.4, 0.5) is 0 Å². The van der Waals surface area contributed by atoms with Crippen LogP contribution < -0.4 is 0 Å². The maximum atomic E-state index is 13.6. The van der Waals surface area contributed by atoms with E-state index in [2.05, 4.69) is 27.4 Å². The van der Waals surface area contributed by atoms with Crippen LogP contribution in [0.25, 0.3) is 0 Å². The molecule has 33 heavy (non-hydrogen) atoms. The van der Waals surface area contributed by atoms with Crippen molar-refractivity contribution >= 4 is 5.97 Å². The normalized spacial score (nSPS) is 65.2. The highest BCUT2D eigenvalue weighted by atomic mass is 16.6. The van der Waals surface area contributed by atoms with E-state index >= 15 is 0 Å². The van der Waals surface area contributed by atoms with Crippen molar-refractivity contribution in [3.05, 3.63) is 12.2 Å². The van der Waals surface area contributed by atoms with Gasteiger partial charge in [0.25, 0.3) is 0 Å². The Morgan fingerprint density at radius 3 is 2.52 bits per heavy atom. The van der Waals surface area contributed by atoms with Crippen LogP contribution in [0.2, 0.25) is 0 Å². The number of aliphatic hydroxyl groups is 2. The van der Waals surface area contributed by atoms with Gasteiger partial charge < -0.3 is 19.7 Å². The van der Waals surface area contributed by atoms with E-state index in [1.165, 1.54) is 5.57 Å². The minimum Gasteiger partial charge on any atom is -0.455 e. The maximum Gasteiger partial charge on any atom is 0.313 e. The van der Waals surface area contributed by atoms with Crippen LogP contribution in [0, 0.1) is 39.4 Å². The van der Waals surface area contributed by atoms with Crippen LogP contribution >= 0.6 is 0 Å². The largest absolute Gasteiger partial charge is 0.455 e.